The zero-order valence-electron chi connectivity index (χ0n) is 16.6. The zero-order chi connectivity index (χ0) is 20.1. The number of aryl methyl sites for hydroxylation is 1. The van der Waals surface area contributed by atoms with E-state index in [0.717, 1.165) is 47.8 Å². The maximum Gasteiger partial charge on any atom is 0.321 e. The lowest BCUT2D eigenvalue weighted by Crippen LogP contribution is -2.50. The summed E-state index contributed by atoms with van der Waals surface area (Å²) in [5.74, 6) is 0.898. The van der Waals surface area contributed by atoms with E-state index in [4.69, 9.17) is 0 Å². The highest BCUT2D eigenvalue weighted by Gasteiger charge is 2.22. The summed E-state index contributed by atoms with van der Waals surface area (Å²) in [5, 5.41) is 3.06. The molecule has 1 N–H and O–H groups in total. The third kappa shape index (κ3) is 4.37. The van der Waals surface area contributed by atoms with E-state index in [1.165, 1.54) is 0 Å². The number of rotatable bonds is 4. The van der Waals surface area contributed by atoms with Crippen LogP contribution in [0.5, 0.6) is 0 Å². The van der Waals surface area contributed by atoms with Crippen molar-refractivity contribution in [1.82, 2.24) is 14.9 Å². The number of benzene rings is 2. The summed E-state index contributed by atoms with van der Waals surface area (Å²) in [6.45, 7) is 4.90. The summed E-state index contributed by atoms with van der Waals surface area (Å²) in [4.78, 5) is 25.6. The van der Waals surface area contributed by atoms with E-state index < -0.39 is 0 Å². The van der Waals surface area contributed by atoms with E-state index in [9.17, 15) is 4.79 Å². The fraction of sp³-hybridized carbons (Fsp3) is 0.261. The van der Waals surface area contributed by atoms with Gasteiger partial charge in [-0.15, -0.1) is 0 Å². The van der Waals surface area contributed by atoms with Crippen LogP contribution in [0, 0.1) is 0 Å². The molecule has 0 atom stereocenters. The maximum absolute atomic E-state index is 12.7. The van der Waals surface area contributed by atoms with Gasteiger partial charge in [-0.25, -0.2) is 14.8 Å². The molecular weight excluding hydrogens is 362 g/mol. The second-order valence-corrected chi connectivity index (χ2v) is 7.04. The Morgan fingerprint density at radius 2 is 1.69 bits per heavy atom. The van der Waals surface area contributed by atoms with E-state index in [-0.39, 0.29) is 6.03 Å². The Morgan fingerprint density at radius 1 is 0.966 bits per heavy atom. The molecule has 6 heteroatoms. The van der Waals surface area contributed by atoms with E-state index >= 15 is 0 Å². The molecule has 2 amide bonds. The van der Waals surface area contributed by atoms with Crippen LogP contribution in [0.25, 0.3) is 11.3 Å². The van der Waals surface area contributed by atoms with E-state index in [1.54, 1.807) is 6.33 Å². The largest absolute Gasteiger partial charge is 0.353 e. The molecule has 6 nitrogen and oxygen atoms in total. The first kappa shape index (κ1) is 18.9. The predicted molar refractivity (Wildman–Crippen MR) is 116 cm³/mol. The molecule has 29 heavy (non-hydrogen) atoms. The number of nitrogens with one attached hydrogen (secondary N) is 1. The Balaban J connectivity index is 1.39. The average molecular weight is 387 g/mol. The fourth-order valence-corrected chi connectivity index (χ4v) is 3.57. The van der Waals surface area contributed by atoms with Gasteiger partial charge in [-0.2, -0.15) is 0 Å². The van der Waals surface area contributed by atoms with E-state index in [2.05, 4.69) is 27.1 Å². The quantitative estimate of drug-likeness (QED) is 0.733. The number of para-hydroxylation sites is 1. The number of amides is 2. The van der Waals surface area contributed by atoms with Gasteiger partial charge in [0.1, 0.15) is 12.1 Å². The highest BCUT2D eigenvalue weighted by molar-refractivity contribution is 5.90. The molecule has 1 saturated heterocycles. The van der Waals surface area contributed by atoms with Crippen molar-refractivity contribution < 1.29 is 4.79 Å². The van der Waals surface area contributed by atoms with Crippen molar-refractivity contribution in [2.24, 2.45) is 0 Å². The number of anilines is 2. The molecule has 1 aromatic heterocycles. The van der Waals surface area contributed by atoms with Crippen molar-refractivity contribution in [2.45, 2.75) is 13.3 Å². The Morgan fingerprint density at radius 3 is 2.45 bits per heavy atom. The smallest absolute Gasteiger partial charge is 0.321 e. The van der Waals surface area contributed by atoms with Gasteiger partial charge < -0.3 is 15.1 Å². The minimum Gasteiger partial charge on any atom is -0.353 e. The topological polar surface area (TPSA) is 61.4 Å². The number of carbonyl (C=O) groups is 1. The highest BCUT2D eigenvalue weighted by Crippen LogP contribution is 2.22. The van der Waals surface area contributed by atoms with Crippen LogP contribution < -0.4 is 10.2 Å². The monoisotopic (exact) mass is 387 g/mol. The third-order valence-corrected chi connectivity index (χ3v) is 5.25. The molecule has 0 spiro atoms. The van der Waals surface area contributed by atoms with Gasteiger partial charge in [0.25, 0.3) is 0 Å². The standard InChI is InChI=1S/C23H25N5O/c1-2-18-8-6-7-11-20(18)26-23(29)28-14-12-27(13-15-28)22-16-21(24-17-25-22)19-9-4-3-5-10-19/h3-11,16-17H,2,12-15H2,1H3,(H,26,29). The number of piperazine rings is 1. The molecule has 0 radical (unpaired) electrons. The van der Waals surface area contributed by atoms with Crippen molar-refractivity contribution in [3.63, 3.8) is 0 Å². The van der Waals surface area contributed by atoms with Gasteiger partial charge in [0.15, 0.2) is 0 Å². The van der Waals surface area contributed by atoms with Gasteiger partial charge in [0, 0.05) is 43.5 Å². The first-order chi connectivity index (χ1) is 14.2. The normalized spacial score (nSPS) is 14.0. The van der Waals surface area contributed by atoms with Gasteiger partial charge >= 0.3 is 6.03 Å². The summed E-state index contributed by atoms with van der Waals surface area (Å²) in [6, 6.07) is 20.0. The van der Waals surface area contributed by atoms with Crippen LogP contribution in [0.15, 0.2) is 67.0 Å². The second kappa shape index (κ2) is 8.73. The van der Waals surface area contributed by atoms with Crippen molar-refractivity contribution in [3.8, 4) is 11.3 Å². The fourth-order valence-electron chi connectivity index (χ4n) is 3.57. The van der Waals surface area contributed by atoms with Gasteiger partial charge in [0.05, 0.1) is 5.69 Å². The zero-order valence-corrected chi connectivity index (χ0v) is 16.6. The summed E-state index contributed by atoms with van der Waals surface area (Å²) >= 11 is 0. The summed E-state index contributed by atoms with van der Waals surface area (Å²) < 4.78 is 0. The van der Waals surface area contributed by atoms with E-state index in [1.807, 2.05) is 65.6 Å². The Hall–Kier alpha value is -3.41. The molecule has 0 bridgehead atoms. The number of hydrogen-bond donors (Lipinski definition) is 1. The Labute approximate surface area is 171 Å². The molecule has 4 rings (SSSR count). The lowest BCUT2D eigenvalue weighted by atomic mass is 10.1. The average Bonchev–Trinajstić information content (AvgIpc) is 2.80. The minimum atomic E-state index is -0.0433. The van der Waals surface area contributed by atoms with Gasteiger partial charge in [-0.1, -0.05) is 55.5 Å². The Kier molecular flexibility index (Phi) is 5.70. The van der Waals surface area contributed by atoms with Crippen LogP contribution in [0.4, 0.5) is 16.3 Å². The second-order valence-electron chi connectivity index (χ2n) is 7.04. The van der Waals surface area contributed by atoms with Crippen molar-refractivity contribution in [1.29, 1.82) is 0 Å². The summed E-state index contributed by atoms with van der Waals surface area (Å²) in [7, 11) is 0. The molecule has 2 aromatic carbocycles. The molecule has 3 aromatic rings. The number of nitrogens with zero attached hydrogens (tertiary/aromatic N) is 4. The first-order valence-corrected chi connectivity index (χ1v) is 10.0. The number of aromatic nitrogens is 2. The molecule has 0 unspecified atom stereocenters. The van der Waals surface area contributed by atoms with Crippen molar-refractivity contribution >= 4 is 17.5 Å². The summed E-state index contributed by atoms with van der Waals surface area (Å²) in [6.07, 6.45) is 2.50. The summed E-state index contributed by atoms with van der Waals surface area (Å²) in [5.41, 5.74) is 4.02. The lowest BCUT2D eigenvalue weighted by molar-refractivity contribution is 0.208. The van der Waals surface area contributed by atoms with Crippen LogP contribution in [0.3, 0.4) is 0 Å². The van der Waals surface area contributed by atoms with Crippen LogP contribution in [-0.4, -0.2) is 47.1 Å². The number of urea groups is 1. The molecule has 1 aliphatic heterocycles. The van der Waals surface area contributed by atoms with Gasteiger partial charge in [-0.05, 0) is 18.1 Å². The van der Waals surface area contributed by atoms with Gasteiger partial charge in [-0.3, -0.25) is 0 Å². The van der Waals surface area contributed by atoms with E-state index in [0.29, 0.717) is 13.1 Å². The minimum absolute atomic E-state index is 0.0433. The molecule has 1 fully saturated rings. The van der Waals surface area contributed by atoms with Crippen molar-refractivity contribution in [2.75, 3.05) is 36.4 Å². The van der Waals surface area contributed by atoms with Crippen LogP contribution >= 0.6 is 0 Å². The predicted octanol–water partition coefficient (Wildman–Crippen LogP) is 4.06. The maximum atomic E-state index is 12.7. The SMILES string of the molecule is CCc1ccccc1NC(=O)N1CCN(c2cc(-c3ccccc3)ncn2)CC1. The van der Waals surface area contributed by atoms with Crippen LogP contribution in [0.2, 0.25) is 0 Å². The number of hydrogen-bond acceptors (Lipinski definition) is 4. The highest BCUT2D eigenvalue weighted by atomic mass is 16.2. The van der Waals surface area contributed by atoms with Crippen molar-refractivity contribution in [3.05, 3.63) is 72.6 Å². The molecule has 148 valence electrons. The molecular formula is C23H25N5O. The molecule has 0 aliphatic carbocycles. The first-order valence-electron chi connectivity index (χ1n) is 10.0. The van der Waals surface area contributed by atoms with Gasteiger partial charge in [0.2, 0.25) is 0 Å². The third-order valence-electron chi connectivity index (χ3n) is 5.25. The van der Waals surface area contributed by atoms with Crippen LogP contribution in [-0.2, 0) is 6.42 Å². The number of carbonyl (C=O) groups excluding carboxylic acids is 1. The molecule has 0 saturated carbocycles. The molecule has 2 heterocycles. The molecule has 1 aliphatic rings. The lowest BCUT2D eigenvalue weighted by Gasteiger charge is -2.35. The Bertz CT molecular complexity index is 968. The van der Waals surface area contributed by atoms with Crippen LogP contribution in [0.1, 0.15) is 12.5 Å².